The molecule has 3 rings (SSSR count). The Morgan fingerprint density at radius 1 is 1.32 bits per heavy atom. The van der Waals surface area contributed by atoms with Crippen LogP contribution < -0.4 is 20.9 Å². The molecule has 1 aromatic carbocycles. The van der Waals surface area contributed by atoms with Crippen molar-refractivity contribution in [2.45, 2.75) is 6.92 Å². The van der Waals surface area contributed by atoms with Gasteiger partial charge in [-0.2, -0.15) is 5.10 Å². The van der Waals surface area contributed by atoms with Gasteiger partial charge in [-0.15, -0.1) is 16.4 Å². The maximum atomic E-state index is 11.3. The van der Waals surface area contributed by atoms with Gasteiger partial charge in [0.1, 0.15) is 11.4 Å². The molecule has 146 valence electrons. The van der Waals surface area contributed by atoms with Crippen LogP contribution in [0, 0.1) is 17.0 Å². The number of fused-ring (bicyclic) bond motifs is 1. The molecule has 11 nitrogen and oxygen atoms in total. The minimum Gasteiger partial charge on any atom is -0.496 e. The first-order valence-electron chi connectivity index (χ1n) is 7.86. The second-order valence-corrected chi connectivity index (χ2v) is 6.43. The smallest absolute Gasteiger partial charge is 0.314 e. The van der Waals surface area contributed by atoms with Gasteiger partial charge in [0.05, 0.1) is 37.1 Å². The molecule has 0 aliphatic rings. The van der Waals surface area contributed by atoms with Gasteiger partial charge < -0.3 is 20.9 Å². The summed E-state index contributed by atoms with van der Waals surface area (Å²) in [6.07, 6.45) is 1.46. The normalized spacial score (nSPS) is 11.1. The van der Waals surface area contributed by atoms with Gasteiger partial charge in [0.25, 0.3) is 0 Å². The van der Waals surface area contributed by atoms with E-state index in [2.05, 4.69) is 15.2 Å². The lowest BCUT2D eigenvalue weighted by atomic mass is 10.1. The van der Waals surface area contributed by atoms with Gasteiger partial charge in [0.2, 0.25) is 5.96 Å². The van der Waals surface area contributed by atoms with Crippen molar-refractivity contribution >= 4 is 34.2 Å². The van der Waals surface area contributed by atoms with Gasteiger partial charge in [-0.05, 0) is 6.92 Å². The average molecular weight is 403 g/mol. The van der Waals surface area contributed by atoms with Crippen molar-refractivity contribution in [3.63, 3.8) is 0 Å². The molecule has 0 bridgehead atoms. The highest BCUT2D eigenvalue weighted by Gasteiger charge is 2.24. The van der Waals surface area contributed by atoms with Crippen LogP contribution in [0.5, 0.6) is 11.5 Å². The Bertz CT molecular complexity index is 1110. The average Bonchev–Trinajstić information content (AvgIpc) is 3.20. The Balaban J connectivity index is 2.30. The zero-order chi connectivity index (χ0) is 20.4. The molecule has 0 radical (unpaired) electrons. The van der Waals surface area contributed by atoms with Crippen molar-refractivity contribution in [2.75, 3.05) is 14.2 Å². The van der Waals surface area contributed by atoms with E-state index in [0.717, 1.165) is 5.69 Å². The molecule has 2 heterocycles. The van der Waals surface area contributed by atoms with Crippen molar-refractivity contribution in [3.8, 4) is 22.8 Å². The number of aryl methyl sites for hydroxylation is 1. The first-order valence-corrected chi connectivity index (χ1v) is 8.74. The van der Waals surface area contributed by atoms with Crippen LogP contribution in [0.25, 0.3) is 16.2 Å². The lowest BCUT2D eigenvalue weighted by molar-refractivity contribution is -0.385. The molecular formula is C16H17N7O4S. The molecule has 2 aromatic heterocycles. The number of aromatic nitrogens is 2. The molecule has 4 N–H and O–H groups in total. The summed E-state index contributed by atoms with van der Waals surface area (Å²) in [5.74, 6) is 0.170. The predicted molar refractivity (Wildman–Crippen MR) is 106 cm³/mol. The van der Waals surface area contributed by atoms with Crippen LogP contribution >= 0.6 is 11.3 Å². The third kappa shape index (κ3) is 3.32. The molecule has 0 aliphatic heterocycles. The van der Waals surface area contributed by atoms with Crippen LogP contribution in [-0.2, 0) is 0 Å². The summed E-state index contributed by atoms with van der Waals surface area (Å²) >= 11 is 1.44. The molecule has 28 heavy (non-hydrogen) atoms. The number of hydrogen-bond donors (Lipinski definition) is 2. The Kier molecular flexibility index (Phi) is 5.13. The van der Waals surface area contributed by atoms with Crippen LogP contribution in [0.1, 0.15) is 11.4 Å². The lowest BCUT2D eigenvalue weighted by Gasteiger charge is -2.10. The Hall–Kier alpha value is -3.67. The molecule has 0 saturated heterocycles. The summed E-state index contributed by atoms with van der Waals surface area (Å²) in [4.78, 5) is 16.1. The fourth-order valence-electron chi connectivity index (χ4n) is 2.70. The molecule has 0 saturated carbocycles. The molecule has 0 unspecified atom stereocenters. The van der Waals surface area contributed by atoms with E-state index in [-0.39, 0.29) is 23.1 Å². The number of imidazole rings is 1. The number of nitrogens with two attached hydrogens (primary N) is 2. The van der Waals surface area contributed by atoms with Gasteiger partial charge in [-0.1, -0.05) is 0 Å². The van der Waals surface area contributed by atoms with E-state index in [1.807, 2.05) is 16.7 Å². The Morgan fingerprint density at radius 3 is 2.64 bits per heavy atom. The van der Waals surface area contributed by atoms with E-state index in [0.29, 0.717) is 21.9 Å². The van der Waals surface area contributed by atoms with Gasteiger partial charge in [0.15, 0.2) is 10.7 Å². The minimum atomic E-state index is -0.540. The van der Waals surface area contributed by atoms with E-state index in [1.54, 1.807) is 0 Å². The summed E-state index contributed by atoms with van der Waals surface area (Å²) in [6, 6.07) is 2.81. The number of thiazole rings is 1. The number of hydrogen-bond acceptors (Lipinski definition) is 8. The van der Waals surface area contributed by atoms with Crippen molar-refractivity contribution in [2.24, 2.45) is 21.7 Å². The van der Waals surface area contributed by atoms with Gasteiger partial charge in [0, 0.05) is 22.7 Å². The molecule has 0 atom stereocenters. The molecule has 0 fully saturated rings. The first kappa shape index (κ1) is 19.1. The number of methoxy groups -OCH3 is 2. The number of nitrogens with zero attached hydrogens (tertiary/aromatic N) is 5. The molecule has 0 amide bonds. The summed E-state index contributed by atoms with van der Waals surface area (Å²) in [6.45, 7) is 1.92. The Labute approximate surface area is 163 Å². The second-order valence-electron chi connectivity index (χ2n) is 5.59. The second kappa shape index (κ2) is 7.52. The van der Waals surface area contributed by atoms with Gasteiger partial charge >= 0.3 is 5.69 Å². The zero-order valence-corrected chi connectivity index (χ0v) is 16.1. The van der Waals surface area contributed by atoms with E-state index >= 15 is 0 Å². The fourth-order valence-corrected chi connectivity index (χ4v) is 3.57. The molecule has 0 aliphatic carbocycles. The quantitative estimate of drug-likeness (QED) is 0.275. The SMILES string of the molecule is COc1cc([N+](=O)[O-])c(OC)cc1-c1nc2scc(C)n2c1/C=N/N=C(N)N. The number of guanidine groups is 1. The van der Waals surface area contributed by atoms with Gasteiger partial charge in [-0.25, -0.2) is 4.98 Å². The van der Waals surface area contributed by atoms with E-state index in [9.17, 15) is 10.1 Å². The zero-order valence-electron chi connectivity index (χ0n) is 15.2. The molecule has 3 aromatic rings. The summed E-state index contributed by atoms with van der Waals surface area (Å²) in [7, 11) is 2.78. The highest BCUT2D eigenvalue weighted by atomic mass is 32.1. The number of rotatable bonds is 6. The number of benzene rings is 1. The summed E-state index contributed by atoms with van der Waals surface area (Å²) in [5.41, 5.74) is 13.0. The van der Waals surface area contributed by atoms with E-state index < -0.39 is 4.92 Å². The first-order chi connectivity index (χ1) is 13.4. The van der Waals surface area contributed by atoms with Crippen LogP contribution in [0.2, 0.25) is 0 Å². The molecular weight excluding hydrogens is 386 g/mol. The van der Waals surface area contributed by atoms with Crippen molar-refractivity contribution < 1.29 is 14.4 Å². The molecule has 12 heteroatoms. The maximum absolute atomic E-state index is 11.3. The summed E-state index contributed by atoms with van der Waals surface area (Å²) < 4.78 is 12.4. The number of ether oxygens (including phenoxy) is 2. The third-order valence-electron chi connectivity index (χ3n) is 3.88. The van der Waals surface area contributed by atoms with Crippen LogP contribution in [0.3, 0.4) is 0 Å². The van der Waals surface area contributed by atoms with Gasteiger partial charge in [-0.3, -0.25) is 14.5 Å². The van der Waals surface area contributed by atoms with Crippen LogP contribution in [-0.4, -0.2) is 40.7 Å². The maximum Gasteiger partial charge on any atom is 0.314 e. The molecule has 0 spiro atoms. The highest BCUT2D eigenvalue weighted by molar-refractivity contribution is 7.15. The topological polar surface area (TPSA) is 156 Å². The van der Waals surface area contributed by atoms with E-state index in [1.165, 1.54) is 43.9 Å². The largest absolute Gasteiger partial charge is 0.496 e. The number of nitro groups is 1. The van der Waals surface area contributed by atoms with Crippen molar-refractivity contribution in [1.29, 1.82) is 0 Å². The van der Waals surface area contributed by atoms with Crippen LogP contribution in [0.4, 0.5) is 5.69 Å². The van der Waals surface area contributed by atoms with Crippen molar-refractivity contribution in [3.05, 3.63) is 39.0 Å². The number of nitro benzene ring substituents is 1. The summed E-state index contributed by atoms with van der Waals surface area (Å²) in [5, 5.41) is 20.8. The van der Waals surface area contributed by atoms with E-state index in [4.69, 9.17) is 20.9 Å². The Morgan fingerprint density at radius 2 is 2.04 bits per heavy atom. The fraction of sp³-hybridized carbons (Fsp3) is 0.188. The van der Waals surface area contributed by atoms with Crippen LogP contribution in [0.15, 0.2) is 27.7 Å². The minimum absolute atomic E-state index is 0.0842. The predicted octanol–water partition coefficient (Wildman–Crippen LogP) is 1.90. The highest BCUT2D eigenvalue weighted by Crippen LogP contribution is 2.41. The standard InChI is InChI=1S/C16H17N7O4S/c1-8-7-28-16-20-14(11(22(8)16)6-19-21-15(17)18)9-4-13(27-3)10(23(24)25)5-12(9)26-2/h4-7H,1-3H3,(H4,17,18,21)/b19-6+. The lowest BCUT2D eigenvalue weighted by Crippen LogP contribution is -2.21. The third-order valence-corrected chi connectivity index (χ3v) is 4.82. The monoisotopic (exact) mass is 403 g/mol. The van der Waals surface area contributed by atoms with Crippen molar-refractivity contribution in [1.82, 2.24) is 9.38 Å².